The lowest BCUT2D eigenvalue weighted by atomic mass is 9.95. The van der Waals surface area contributed by atoms with Crippen molar-refractivity contribution in [2.24, 2.45) is 5.92 Å². The zero-order valence-corrected chi connectivity index (χ0v) is 18.0. The summed E-state index contributed by atoms with van der Waals surface area (Å²) in [7, 11) is 0. The molecular weight excluding hydrogens is 411 g/mol. The second-order valence-electron chi connectivity index (χ2n) is 7.99. The van der Waals surface area contributed by atoms with Gasteiger partial charge >= 0.3 is 0 Å². The molecular formula is C24H23FN4OS. The van der Waals surface area contributed by atoms with Crippen LogP contribution in [-0.4, -0.2) is 29.0 Å². The van der Waals surface area contributed by atoms with E-state index in [0.29, 0.717) is 10.9 Å². The third-order valence-electron chi connectivity index (χ3n) is 6.03. The molecule has 2 aromatic carbocycles. The molecule has 3 heterocycles. The molecule has 0 spiro atoms. The van der Waals surface area contributed by atoms with Crippen molar-refractivity contribution in [3.05, 3.63) is 66.2 Å². The zero-order chi connectivity index (χ0) is 21.4. The number of thiophene rings is 1. The number of carbonyl (C=O) groups is 1. The molecule has 1 aliphatic rings. The Morgan fingerprint density at radius 3 is 2.68 bits per heavy atom. The predicted octanol–water partition coefficient (Wildman–Crippen LogP) is 5.08. The summed E-state index contributed by atoms with van der Waals surface area (Å²) in [5, 5.41) is 3.72. The van der Waals surface area contributed by atoms with E-state index >= 15 is 0 Å². The number of amides is 1. The van der Waals surface area contributed by atoms with Crippen LogP contribution in [0.15, 0.2) is 54.9 Å². The molecule has 5 rings (SSSR count). The van der Waals surface area contributed by atoms with Gasteiger partial charge in [0.2, 0.25) is 5.91 Å². The summed E-state index contributed by atoms with van der Waals surface area (Å²) < 4.78 is 16.2. The van der Waals surface area contributed by atoms with Gasteiger partial charge in [0.15, 0.2) is 0 Å². The molecule has 1 aliphatic heterocycles. The van der Waals surface area contributed by atoms with Gasteiger partial charge in [0.25, 0.3) is 0 Å². The van der Waals surface area contributed by atoms with E-state index in [1.54, 1.807) is 6.07 Å². The monoisotopic (exact) mass is 434 g/mol. The smallest absolute Gasteiger partial charge is 0.223 e. The summed E-state index contributed by atoms with van der Waals surface area (Å²) in [6.45, 7) is 3.49. The second kappa shape index (κ2) is 8.23. The Hall–Kier alpha value is -3.06. The second-order valence-corrected chi connectivity index (χ2v) is 9.04. The van der Waals surface area contributed by atoms with Crippen LogP contribution >= 0.6 is 11.3 Å². The number of nitrogens with zero attached hydrogens (tertiary/aromatic N) is 3. The molecule has 4 aromatic rings. The summed E-state index contributed by atoms with van der Waals surface area (Å²) in [6, 6.07) is 15.1. The van der Waals surface area contributed by atoms with E-state index in [9.17, 15) is 9.18 Å². The molecule has 158 valence electrons. The third-order valence-corrected chi connectivity index (χ3v) is 7.17. The molecule has 1 amide bonds. The summed E-state index contributed by atoms with van der Waals surface area (Å²) in [6.07, 6.45) is 3.03. The number of halogens is 1. The van der Waals surface area contributed by atoms with Crippen molar-refractivity contribution in [2.75, 3.05) is 18.0 Å². The van der Waals surface area contributed by atoms with Crippen LogP contribution in [0, 0.1) is 11.7 Å². The van der Waals surface area contributed by atoms with Gasteiger partial charge in [-0.2, -0.15) is 0 Å². The van der Waals surface area contributed by atoms with Gasteiger partial charge < -0.3 is 10.2 Å². The number of carbonyl (C=O) groups excluding carboxylic acids is 1. The molecule has 1 N–H and O–H groups in total. The Bertz CT molecular complexity index is 1230. The van der Waals surface area contributed by atoms with Crippen molar-refractivity contribution < 1.29 is 9.18 Å². The van der Waals surface area contributed by atoms with E-state index in [1.165, 1.54) is 23.7 Å². The minimum atomic E-state index is -0.253. The highest BCUT2D eigenvalue weighted by atomic mass is 32.1. The van der Waals surface area contributed by atoms with E-state index < -0.39 is 0 Å². The Kier molecular flexibility index (Phi) is 5.28. The van der Waals surface area contributed by atoms with Crippen LogP contribution in [0.25, 0.3) is 20.3 Å². The van der Waals surface area contributed by atoms with Gasteiger partial charge in [0.1, 0.15) is 18.0 Å². The van der Waals surface area contributed by atoms with Gasteiger partial charge in [-0.25, -0.2) is 14.4 Å². The zero-order valence-electron chi connectivity index (χ0n) is 17.2. The largest absolute Gasteiger partial charge is 0.355 e. The predicted molar refractivity (Wildman–Crippen MR) is 123 cm³/mol. The van der Waals surface area contributed by atoms with Crippen molar-refractivity contribution in [3.63, 3.8) is 0 Å². The number of hydrogen-bond acceptors (Lipinski definition) is 5. The maximum absolute atomic E-state index is 14.4. The molecule has 5 nitrogen and oxygen atoms in total. The Morgan fingerprint density at radius 2 is 1.90 bits per heavy atom. The van der Waals surface area contributed by atoms with Crippen LogP contribution in [0.2, 0.25) is 0 Å². The third kappa shape index (κ3) is 3.74. The number of anilines is 1. The first kappa shape index (κ1) is 19.9. The lowest BCUT2D eigenvalue weighted by Crippen LogP contribution is -2.41. The lowest BCUT2D eigenvalue weighted by Gasteiger charge is -2.32. The minimum absolute atomic E-state index is 0.0123. The molecule has 7 heteroatoms. The fourth-order valence-corrected chi connectivity index (χ4v) is 5.49. The average Bonchev–Trinajstić information content (AvgIpc) is 3.20. The Labute approximate surface area is 183 Å². The fraction of sp³-hybridized carbons (Fsp3) is 0.292. The standard InChI is InChI=1S/C24H23FN4OS/c1-15(16-6-3-2-4-7-16)28-24(30)17-10-12-29(13-11-17)23-22-21(26-14-27-23)20-18(25)8-5-9-19(20)31-22/h2-9,14-15,17H,10-13H2,1H3,(H,28,30)/t15-/m1/s1. The van der Waals surface area contributed by atoms with Crippen LogP contribution < -0.4 is 10.2 Å². The molecule has 0 aliphatic carbocycles. The first-order valence-corrected chi connectivity index (χ1v) is 11.4. The van der Waals surface area contributed by atoms with E-state index in [4.69, 9.17) is 0 Å². The lowest BCUT2D eigenvalue weighted by molar-refractivity contribution is -0.126. The van der Waals surface area contributed by atoms with Gasteiger partial charge in [-0.15, -0.1) is 11.3 Å². The van der Waals surface area contributed by atoms with Crippen molar-refractivity contribution in [1.82, 2.24) is 15.3 Å². The van der Waals surface area contributed by atoms with Crippen LogP contribution in [0.1, 0.15) is 31.4 Å². The molecule has 0 radical (unpaired) electrons. The Balaban J connectivity index is 1.31. The first-order chi connectivity index (χ1) is 15.1. The maximum Gasteiger partial charge on any atom is 0.223 e. The molecule has 0 saturated carbocycles. The summed E-state index contributed by atoms with van der Waals surface area (Å²) in [5.74, 6) is 0.672. The highest BCUT2D eigenvalue weighted by Crippen LogP contribution is 2.39. The molecule has 1 fully saturated rings. The van der Waals surface area contributed by atoms with E-state index in [2.05, 4.69) is 20.2 Å². The van der Waals surface area contributed by atoms with Crippen LogP contribution in [0.3, 0.4) is 0 Å². The quantitative estimate of drug-likeness (QED) is 0.487. The van der Waals surface area contributed by atoms with Gasteiger partial charge in [-0.1, -0.05) is 36.4 Å². The van der Waals surface area contributed by atoms with Gasteiger partial charge in [-0.05, 0) is 37.5 Å². The number of rotatable bonds is 4. The maximum atomic E-state index is 14.4. The first-order valence-electron chi connectivity index (χ1n) is 10.5. The van der Waals surface area contributed by atoms with Gasteiger partial charge in [-0.3, -0.25) is 4.79 Å². The van der Waals surface area contributed by atoms with Crippen LogP contribution in [0.5, 0.6) is 0 Å². The van der Waals surface area contributed by atoms with Crippen molar-refractivity contribution in [2.45, 2.75) is 25.8 Å². The van der Waals surface area contributed by atoms with Crippen molar-refractivity contribution in [1.29, 1.82) is 0 Å². The molecule has 2 aromatic heterocycles. The number of piperidine rings is 1. The summed E-state index contributed by atoms with van der Waals surface area (Å²) >= 11 is 1.52. The van der Waals surface area contributed by atoms with Crippen molar-refractivity contribution in [3.8, 4) is 0 Å². The minimum Gasteiger partial charge on any atom is -0.355 e. The normalized spacial score (nSPS) is 16.0. The fourth-order valence-electron chi connectivity index (χ4n) is 4.30. The number of nitrogens with one attached hydrogen (secondary N) is 1. The molecule has 0 bridgehead atoms. The number of benzene rings is 2. The number of hydrogen-bond donors (Lipinski definition) is 1. The molecule has 1 saturated heterocycles. The summed E-state index contributed by atoms with van der Waals surface area (Å²) in [5.41, 5.74) is 1.77. The highest BCUT2D eigenvalue weighted by Gasteiger charge is 2.28. The SMILES string of the molecule is C[C@@H](NC(=O)C1CCN(c2ncnc3c2sc2cccc(F)c23)CC1)c1ccccc1. The van der Waals surface area contributed by atoms with Crippen LogP contribution in [-0.2, 0) is 4.79 Å². The van der Waals surface area contributed by atoms with Gasteiger partial charge in [0, 0.05) is 23.7 Å². The van der Waals surface area contributed by atoms with E-state index in [0.717, 1.165) is 46.7 Å². The summed E-state index contributed by atoms with van der Waals surface area (Å²) in [4.78, 5) is 23.9. The molecule has 1 atom stereocenters. The van der Waals surface area contributed by atoms with Crippen molar-refractivity contribution >= 4 is 43.4 Å². The van der Waals surface area contributed by atoms with E-state index in [1.807, 2.05) is 43.3 Å². The van der Waals surface area contributed by atoms with E-state index in [-0.39, 0.29) is 23.7 Å². The van der Waals surface area contributed by atoms with Crippen LogP contribution in [0.4, 0.5) is 10.2 Å². The molecule has 0 unspecified atom stereocenters. The van der Waals surface area contributed by atoms with Gasteiger partial charge in [0.05, 0.1) is 21.6 Å². The molecule has 31 heavy (non-hydrogen) atoms. The number of fused-ring (bicyclic) bond motifs is 3. The number of aromatic nitrogens is 2. The topological polar surface area (TPSA) is 58.1 Å². The highest BCUT2D eigenvalue weighted by molar-refractivity contribution is 7.26. The Morgan fingerprint density at radius 1 is 1.13 bits per heavy atom. The average molecular weight is 435 g/mol.